The van der Waals surface area contributed by atoms with Gasteiger partial charge >= 0.3 is 5.69 Å². The number of benzene rings is 1. The van der Waals surface area contributed by atoms with Gasteiger partial charge in [-0.1, -0.05) is 23.7 Å². The highest BCUT2D eigenvalue weighted by atomic mass is 35.5. The summed E-state index contributed by atoms with van der Waals surface area (Å²) in [5.41, 5.74) is 0.0466. The molecule has 0 aliphatic heterocycles. The molecule has 5 nitrogen and oxygen atoms in total. The molecule has 19 heavy (non-hydrogen) atoms. The molecule has 0 bridgehead atoms. The first-order valence-corrected chi connectivity index (χ1v) is 6.10. The van der Waals surface area contributed by atoms with Crippen molar-refractivity contribution in [2.45, 2.75) is 13.0 Å². The van der Waals surface area contributed by atoms with Crippen molar-refractivity contribution in [3.05, 3.63) is 61.9 Å². The van der Waals surface area contributed by atoms with Crippen LogP contribution in [-0.2, 0) is 13.0 Å². The molecule has 0 aliphatic rings. The van der Waals surface area contributed by atoms with Crippen LogP contribution in [0.25, 0.3) is 0 Å². The first kappa shape index (κ1) is 13.4. The van der Waals surface area contributed by atoms with Crippen LogP contribution in [0.4, 0.5) is 0 Å². The predicted octanol–water partition coefficient (Wildman–Crippen LogP) is 1.44. The summed E-state index contributed by atoms with van der Waals surface area (Å²) in [7, 11) is 1.61. The van der Waals surface area contributed by atoms with E-state index in [0.717, 1.165) is 11.3 Å². The number of nitrogens with zero attached hydrogens (tertiary/aromatic N) is 1. The maximum Gasteiger partial charge on any atom is 0.328 e. The summed E-state index contributed by atoms with van der Waals surface area (Å²) in [6.07, 6.45) is 2.01. The number of aromatic nitrogens is 2. The first-order chi connectivity index (χ1) is 9.10. The summed E-state index contributed by atoms with van der Waals surface area (Å²) < 4.78 is 6.45. The minimum atomic E-state index is -0.563. The fourth-order valence-corrected chi connectivity index (χ4v) is 1.86. The number of methoxy groups -OCH3 is 1. The lowest BCUT2D eigenvalue weighted by Crippen LogP contribution is -2.30. The molecule has 2 aromatic rings. The van der Waals surface area contributed by atoms with Crippen molar-refractivity contribution in [2.75, 3.05) is 7.11 Å². The monoisotopic (exact) mass is 280 g/mol. The zero-order valence-corrected chi connectivity index (χ0v) is 11.1. The van der Waals surface area contributed by atoms with E-state index < -0.39 is 11.2 Å². The molecule has 2 rings (SSSR count). The van der Waals surface area contributed by atoms with E-state index in [2.05, 4.69) is 4.98 Å². The third-order valence-electron chi connectivity index (χ3n) is 2.77. The number of nitrogens with one attached hydrogen (secondary N) is 1. The van der Waals surface area contributed by atoms with Gasteiger partial charge in [-0.3, -0.25) is 14.3 Å². The van der Waals surface area contributed by atoms with E-state index in [1.54, 1.807) is 7.11 Å². The van der Waals surface area contributed by atoms with E-state index in [9.17, 15) is 9.59 Å². The number of hydrogen-bond acceptors (Lipinski definition) is 3. The molecule has 100 valence electrons. The van der Waals surface area contributed by atoms with Gasteiger partial charge in [0, 0.05) is 12.7 Å². The van der Waals surface area contributed by atoms with Gasteiger partial charge in [0.2, 0.25) is 0 Å². The Morgan fingerprint density at radius 1 is 1.26 bits per heavy atom. The molecule has 1 heterocycles. The molecule has 6 heteroatoms. The number of rotatable bonds is 4. The van der Waals surface area contributed by atoms with Crippen molar-refractivity contribution >= 4 is 11.6 Å². The maximum absolute atomic E-state index is 11.5. The van der Waals surface area contributed by atoms with Gasteiger partial charge in [-0.15, -0.1) is 0 Å². The van der Waals surface area contributed by atoms with Gasteiger partial charge < -0.3 is 4.74 Å². The second-order valence-corrected chi connectivity index (χ2v) is 4.43. The van der Waals surface area contributed by atoms with Crippen LogP contribution in [0.1, 0.15) is 5.56 Å². The van der Waals surface area contributed by atoms with Crippen LogP contribution in [0.15, 0.2) is 40.1 Å². The van der Waals surface area contributed by atoms with Crippen LogP contribution >= 0.6 is 11.6 Å². The van der Waals surface area contributed by atoms with E-state index in [4.69, 9.17) is 16.3 Å². The van der Waals surface area contributed by atoms with Crippen molar-refractivity contribution in [2.24, 2.45) is 0 Å². The van der Waals surface area contributed by atoms with Crippen molar-refractivity contribution < 1.29 is 4.74 Å². The smallest absolute Gasteiger partial charge is 0.328 e. The fraction of sp³-hybridized carbons (Fsp3) is 0.231. The normalized spacial score (nSPS) is 10.4. The summed E-state index contributed by atoms with van der Waals surface area (Å²) in [6.45, 7) is 0.446. The van der Waals surface area contributed by atoms with Gasteiger partial charge in [0.15, 0.2) is 0 Å². The van der Waals surface area contributed by atoms with Gasteiger partial charge in [-0.05, 0) is 24.1 Å². The average molecular weight is 281 g/mol. The lowest BCUT2D eigenvalue weighted by atomic mass is 10.1. The standard InChI is InChI=1S/C13H13ClN2O3/c1-19-10-4-2-9(3-5-10)6-7-16-8-11(14)12(17)15-13(16)18/h2-5,8H,6-7H2,1H3,(H,15,17,18). The Bertz CT molecular complexity index is 674. The topological polar surface area (TPSA) is 64.1 Å². The molecule has 0 fully saturated rings. The molecule has 0 saturated heterocycles. The summed E-state index contributed by atoms with van der Waals surface area (Å²) in [4.78, 5) is 24.8. The van der Waals surface area contributed by atoms with Crippen LogP contribution < -0.4 is 16.0 Å². The average Bonchev–Trinajstić information content (AvgIpc) is 2.42. The Morgan fingerprint density at radius 3 is 2.58 bits per heavy atom. The zero-order chi connectivity index (χ0) is 13.8. The molecule has 0 saturated carbocycles. The van der Waals surface area contributed by atoms with E-state index >= 15 is 0 Å². The molecule has 0 atom stereocenters. The summed E-state index contributed by atoms with van der Waals surface area (Å²) in [5.74, 6) is 0.785. The van der Waals surface area contributed by atoms with E-state index in [-0.39, 0.29) is 5.02 Å². The van der Waals surface area contributed by atoms with Gasteiger partial charge in [0.05, 0.1) is 7.11 Å². The molecule has 0 aliphatic carbocycles. The molecule has 0 radical (unpaired) electrons. The molecule has 1 N–H and O–H groups in total. The Labute approximate surface area is 114 Å². The van der Waals surface area contributed by atoms with Crippen molar-refractivity contribution in [3.63, 3.8) is 0 Å². The van der Waals surface area contributed by atoms with Crippen molar-refractivity contribution in [1.82, 2.24) is 9.55 Å². The van der Waals surface area contributed by atoms with Gasteiger partial charge in [0.25, 0.3) is 5.56 Å². The lowest BCUT2D eigenvalue weighted by molar-refractivity contribution is 0.414. The Balaban J connectivity index is 2.12. The van der Waals surface area contributed by atoms with Crippen LogP contribution in [0.2, 0.25) is 5.02 Å². The molecule has 1 aromatic carbocycles. The van der Waals surface area contributed by atoms with Gasteiger partial charge in [-0.25, -0.2) is 4.79 Å². The second kappa shape index (κ2) is 5.75. The molecule has 0 spiro atoms. The highest BCUT2D eigenvalue weighted by molar-refractivity contribution is 6.30. The predicted molar refractivity (Wildman–Crippen MR) is 73.0 cm³/mol. The number of halogens is 1. The lowest BCUT2D eigenvalue weighted by Gasteiger charge is -2.06. The van der Waals surface area contributed by atoms with Crippen LogP contribution in [0, 0.1) is 0 Å². The van der Waals surface area contributed by atoms with E-state index in [1.807, 2.05) is 24.3 Å². The van der Waals surface area contributed by atoms with E-state index in [0.29, 0.717) is 13.0 Å². The Morgan fingerprint density at radius 2 is 1.95 bits per heavy atom. The van der Waals surface area contributed by atoms with Gasteiger partial charge in [-0.2, -0.15) is 0 Å². The maximum atomic E-state index is 11.5. The number of H-pyrrole nitrogens is 1. The molecule has 0 amide bonds. The number of aromatic amines is 1. The summed E-state index contributed by atoms with van der Waals surface area (Å²) in [6, 6.07) is 7.57. The molecular weight excluding hydrogens is 268 g/mol. The third kappa shape index (κ3) is 3.26. The quantitative estimate of drug-likeness (QED) is 0.922. The Hall–Kier alpha value is -2.01. The minimum absolute atomic E-state index is 0.00864. The number of hydrogen-bond donors (Lipinski definition) is 1. The minimum Gasteiger partial charge on any atom is -0.497 e. The highest BCUT2D eigenvalue weighted by Crippen LogP contribution is 2.12. The fourth-order valence-electron chi connectivity index (χ4n) is 1.69. The van der Waals surface area contributed by atoms with E-state index in [1.165, 1.54) is 10.8 Å². The molecule has 1 aromatic heterocycles. The van der Waals surface area contributed by atoms with Crippen LogP contribution in [0.5, 0.6) is 5.75 Å². The third-order valence-corrected chi connectivity index (χ3v) is 3.04. The zero-order valence-electron chi connectivity index (χ0n) is 10.4. The van der Waals surface area contributed by atoms with Gasteiger partial charge in [0.1, 0.15) is 10.8 Å². The number of aryl methyl sites for hydroxylation is 2. The summed E-state index contributed by atoms with van der Waals surface area (Å²) in [5, 5.41) is 0.00864. The molecule has 0 unspecified atom stereocenters. The van der Waals surface area contributed by atoms with Crippen LogP contribution in [0.3, 0.4) is 0 Å². The largest absolute Gasteiger partial charge is 0.497 e. The number of ether oxygens (including phenoxy) is 1. The van der Waals surface area contributed by atoms with Crippen LogP contribution in [-0.4, -0.2) is 16.7 Å². The Kier molecular flexibility index (Phi) is 4.06. The van der Waals surface area contributed by atoms with Crippen molar-refractivity contribution in [1.29, 1.82) is 0 Å². The SMILES string of the molecule is COc1ccc(CCn2cc(Cl)c(=O)[nH]c2=O)cc1. The highest BCUT2D eigenvalue weighted by Gasteiger charge is 2.02. The molecular formula is C13H13ClN2O3. The van der Waals surface area contributed by atoms with Crippen molar-refractivity contribution in [3.8, 4) is 5.75 Å². The summed E-state index contributed by atoms with van der Waals surface area (Å²) >= 11 is 5.69. The second-order valence-electron chi connectivity index (χ2n) is 4.03. The first-order valence-electron chi connectivity index (χ1n) is 5.72.